The van der Waals surface area contributed by atoms with Gasteiger partial charge in [-0.1, -0.05) is 24.4 Å². The zero-order valence-electron chi connectivity index (χ0n) is 16.8. The van der Waals surface area contributed by atoms with Crippen molar-refractivity contribution < 1.29 is 9.15 Å². The predicted octanol–water partition coefficient (Wildman–Crippen LogP) is 4.49. The van der Waals surface area contributed by atoms with Crippen LogP contribution in [0.15, 0.2) is 10.5 Å². The molecule has 5 rings (SSSR count). The molecular weight excluding hydrogens is 388 g/mol. The highest BCUT2D eigenvalue weighted by molar-refractivity contribution is 6.33. The molecule has 1 aromatic carbocycles. The Morgan fingerprint density at radius 2 is 1.90 bits per heavy atom. The molecule has 0 spiro atoms. The third-order valence-corrected chi connectivity index (χ3v) is 7.15. The molecule has 0 unspecified atom stereocenters. The number of anilines is 1. The molecule has 1 aromatic heterocycles. The molecule has 7 heteroatoms. The summed E-state index contributed by atoms with van der Waals surface area (Å²) >= 11 is 6.36. The maximum absolute atomic E-state index is 6.36. The Hall–Kier alpha value is -1.79. The number of nitrogens with two attached hydrogens (primary N) is 1. The minimum atomic E-state index is 0.475. The van der Waals surface area contributed by atoms with Crippen LogP contribution in [0.2, 0.25) is 5.02 Å². The summed E-state index contributed by atoms with van der Waals surface area (Å²) in [5.74, 6) is 2.54. The molecule has 156 valence electrons. The molecule has 3 heterocycles. The number of hydrogen-bond donors (Lipinski definition) is 1. The highest BCUT2D eigenvalue weighted by Gasteiger charge is 2.29. The van der Waals surface area contributed by atoms with Gasteiger partial charge >= 0.3 is 0 Å². The fraction of sp³-hybridized carbons (Fsp3) is 0.636. The van der Waals surface area contributed by atoms with Crippen molar-refractivity contribution in [1.82, 2.24) is 15.1 Å². The largest absolute Gasteiger partial charge is 0.492 e. The number of aromatic nitrogens is 2. The summed E-state index contributed by atoms with van der Waals surface area (Å²) in [6.07, 6.45) is 10.6. The smallest absolute Gasteiger partial charge is 0.251 e. The monoisotopic (exact) mass is 416 g/mol. The SMILES string of the molecule is Nc1c(Cl)cc(-c2nnc(CC3CCN(C4CCCC4)CC3)o2)c2c1CCCO2. The standard InChI is InChI=1S/C22H29ClN4O2/c23-18-13-17(21-16(20(18)24)6-3-11-28-21)22-26-25-19(29-22)12-14-7-9-27(10-8-14)15-4-1-2-5-15/h13-15H,1-12,24H2. The maximum atomic E-state index is 6.36. The van der Waals surface area contributed by atoms with Crippen LogP contribution < -0.4 is 10.5 Å². The molecule has 3 aliphatic rings. The number of hydrogen-bond acceptors (Lipinski definition) is 6. The lowest BCUT2D eigenvalue weighted by atomic mass is 9.92. The Labute approximate surface area is 176 Å². The van der Waals surface area contributed by atoms with Crippen LogP contribution >= 0.6 is 11.6 Å². The van der Waals surface area contributed by atoms with E-state index >= 15 is 0 Å². The molecule has 29 heavy (non-hydrogen) atoms. The normalized spacial score (nSPS) is 21.3. The third kappa shape index (κ3) is 3.84. The Bertz CT molecular complexity index is 870. The lowest BCUT2D eigenvalue weighted by Crippen LogP contribution is -2.40. The van der Waals surface area contributed by atoms with E-state index in [2.05, 4.69) is 15.1 Å². The second kappa shape index (κ2) is 8.15. The molecule has 1 saturated carbocycles. The van der Waals surface area contributed by atoms with E-state index in [-0.39, 0.29) is 0 Å². The third-order valence-electron chi connectivity index (χ3n) is 6.84. The van der Waals surface area contributed by atoms with E-state index in [1.165, 1.54) is 51.6 Å². The van der Waals surface area contributed by atoms with Crippen molar-refractivity contribution in [1.29, 1.82) is 0 Å². The summed E-state index contributed by atoms with van der Waals surface area (Å²) in [5, 5.41) is 9.14. The average molecular weight is 417 g/mol. The van der Waals surface area contributed by atoms with Crippen LogP contribution in [-0.4, -0.2) is 40.8 Å². The van der Waals surface area contributed by atoms with E-state index in [0.29, 0.717) is 35.0 Å². The zero-order chi connectivity index (χ0) is 19.8. The van der Waals surface area contributed by atoms with Crippen LogP contribution in [0.4, 0.5) is 5.69 Å². The summed E-state index contributed by atoms with van der Waals surface area (Å²) in [5.41, 5.74) is 8.46. The number of ether oxygens (including phenoxy) is 1. The Balaban J connectivity index is 1.28. The molecule has 6 nitrogen and oxygen atoms in total. The van der Waals surface area contributed by atoms with Crippen molar-refractivity contribution >= 4 is 17.3 Å². The second-order valence-electron chi connectivity index (χ2n) is 8.70. The summed E-state index contributed by atoms with van der Waals surface area (Å²) in [6.45, 7) is 3.07. The van der Waals surface area contributed by atoms with Crippen molar-refractivity contribution in [2.75, 3.05) is 25.4 Å². The van der Waals surface area contributed by atoms with Gasteiger partial charge in [0.25, 0.3) is 5.89 Å². The predicted molar refractivity (Wildman–Crippen MR) is 113 cm³/mol. The van der Waals surface area contributed by atoms with Crippen LogP contribution in [0.1, 0.15) is 56.4 Å². The van der Waals surface area contributed by atoms with Gasteiger partial charge in [-0.15, -0.1) is 10.2 Å². The summed E-state index contributed by atoms with van der Waals surface area (Å²) in [7, 11) is 0. The van der Waals surface area contributed by atoms with Gasteiger partial charge in [-0.25, -0.2) is 0 Å². The fourth-order valence-corrected chi connectivity index (χ4v) is 5.40. The number of halogens is 1. The first kappa shape index (κ1) is 19.2. The Morgan fingerprint density at radius 1 is 1.10 bits per heavy atom. The van der Waals surface area contributed by atoms with Gasteiger partial charge < -0.3 is 19.8 Å². The van der Waals surface area contributed by atoms with Crippen molar-refractivity contribution in [2.45, 2.75) is 63.8 Å². The number of piperidine rings is 1. The molecule has 0 radical (unpaired) electrons. The number of fused-ring (bicyclic) bond motifs is 1. The molecule has 2 N–H and O–H groups in total. The first-order chi connectivity index (χ1) is 14.2. The first-order valence-electron chi connectivity index (χ1n) is 11.0. The van der Waals surface area contributed by atoms with E-state index in [0.717, 1.165) is 42.2 Å². The Morgan fingerprint density at radius 3 is 2.69 bits per heavy atom. The van der Waals surface area contributed by atoms with E-state index < -0.39 is 0 Å². The topological polar surface area (TPSA) is 77.4 Å². The second-order valence-corrected chi connectivity index (χ2v) is 9.11. The van der Waals surface area contributed by atoms with Crippen molar-refractivity contribution in [3.63, 3.8) is 0 Å². The number of benzene rings is 1. The fourth-order valence-electron chi connectivity index (χ4n) is 5.18. The van der Waals surface area contributed by atoms with Crippen LogP contribution in [-0.2, 0) is 12.8 Å². The van der Waals surface area contributed by atoms with Crippen LogP contribution in [0.25, 0.3) is 11.5 Å². The maximum Gasteiger partial charge on any atom is 0.251 e. The molecule has 2 aliphatic heterocycles. The van der Waals surface area contributed by atoms with E-state index in [1.54, 1.807) is 6.07 Å². The molecule has 2 fully saturated rings. The molecule has 1 aliphatic carbocycles. The molecule has 1 saturated heterocycles. The van der Waals surface area contributed by atoms with Crippen LogP contribution in [0.5, 0.6) is 5.75 Å². The van der Waals surface area contributed by atoms with Crippen LogP contribution in [0.3, 0.4) is 0 Å². The molecule has 0 bridgehead atoms. The van der Waals surface area contributed by atoms with Gasteiger partial charge in [0.1, 0.15) is 5.75 Å². The summed E-state index contributed by atoms with van der Waals surface area (Å²) in [4.78, 5) is 2.70. The minimum absolute atomic E-state index is 0.475. The number of nitrogen functional groups attached to an aromatic ring is 1. The Kier molecular flexibility index (Phi) is 5.39. The molecule has 0 atom stereocenters. The highest BCUT2D eigenvalue weighted by Crippen LogP contribution is 2.42. The average Bonchev–Trinajstić information content (AvgIpc) is 3.44. The van der Waals surface area contributed by atoms with Gasteiger partial charge in [0, 0.05) is 18.0 Å². The van der Waals surface area contributed by atoms with Gasteiger partial charge in [0.15, 0.2) is 0 Å². The lowest BCUT2D eigenvalue weighted by Gasteiger charge is -2.35. The van der Waals surface area contributed by atoms with Gasteiger partial charge in [0.05, 0.1) is 22.9 Å². The molecular formula is C22H29ClN4O2. The molecule has 0 amide bonds. The van der Waals surface area contributed by atoms with E-state index in [1.807, 2.05) is 0 Å². The summed E-state index contributed by atoms with van der Waals surface area (Å²) < 4.78 is 11.9. The van der Waals surface area contributed by atoms with Gasteiger partial charge in [-0.3, -0.25) is 0 Å². The van der Waals surface area contributed by atoms with E-state index in [9.17, 15) is 0 Å². The van der Waals surface area contributed by atoms with Gasteiger partial charge in [-0.2, -0.15) is 0 Å². The molecule has 2 aromatic rings. The zero-order valence-corrected chi connectivity index (χ0v) is 17.6. The van der Waals surface area contributed by atoms with Crippen LogP contribution in [0, 0.1) is 5.92 Å². The quantitative estimate of drug-likeness (QED) is 0.739. The lowest BCUT2D eigenvalue weighted by molar-refractivity contribution is 0.131. The van der Waals surface area contributed by atoms with E-state index in [4.69, 9.17) is 26.5 Å². The number of likely N-dealkylation sites (tertiary alicyclic amines) is 1. The summed E-state index contributed by atoms with van der Waals surface area (Å²) in [6, 6.07) is 2.62. The minimum Gasteiger partial charge on any atom is -0.492 e. The number of nitrogens with zero attached hydrogens (tertiary/aromatic N) is 3. The number of rotatable bonds is 4. The van der Waals surface area contributed by atoms with Crippen molar-refractivity contribution in [3.8, 4) is 17.2 Å². The van der Waals surface area contributed by atoms with Crippen molar-refractivity contribution in [3.05, 3.63) is 22.5 Å². The van der Waals surface area contributed by atoms with Gasteiger partial charge in [-0.05, 0) is 63.6 Å². The highest BCUT2D eigenvalue weighted by atomic mass is 35.5. The van der Waals surface area contributed by atoms with Gasteiger partial charge in [0.2, 0.25) is 5.89 Å². The van der Waals surface area contributed by atoms with Crippen molar-refractivity contribution in [2.24, 2.45) is 5.92 Å². The first-order valence-corrected chi connectivity index (χ1v) is 11.4.